The van der Waals surface area contributed by atoms with Crippen molar-refractivity contribution in [2.24, 2.45) is 0 Å². The Morgan fingerprint density at radius 1 is 1.43 bits per heavy atom. The molecule has 1 N–H and O–H groups in total. The van der Waals surface area contributed by atoms with E-state index in [-0.39, 0.29) is 0 Å². The van der Waals surface area contributed by atoms with E-state index in [1.54, 1.807) is 7.11 Å². The second-order valence-corrected chi connectivity index (χ2v) is 5.89. The van der Waals surface area contributed by atoms with Gasteiger partial charge in [-0.25, -0.2) is 0 Å². The standard InChI is InChI=1S/C17H23N3O/c1-13-10-18-19-17(13)15-6-4-8-20(12-15)11-14-5-3-7-16(9-14)21-2/h3,5,7,9-10,15H,4,6,8,11-12H2,1-2H3,(H,18,19)/t15-/m1/s1. The lowest BCUT2D eigenvalue weighted by molar-refractivity contribution is 0.198. The van der Waals surface area contributed by atoms with E-state index >= 15 is 0 Å². The monoisotopic (exact) mass is 285 g/mol. The highest BCUT2D eigenvalue weighted by Crippen LogP contribution is 2.28. The maximum absolute atomic E-state index is 5.31. The topological polar surface area (TPSA) is 41.1 Å². The summed E-state index contributed by atoms with van der Waals surface area (Å²) < 4.78 is 5.31. The predicted molar refractivity (Wildman–Crippen MR) is 83.6 cm³/mol. The molecule has 0 aliphatic carbocycles. The molecule has 0 radical (unpaired) electrons. The molecular formula is C17H23N3O. The number of rotatable bonds is 4. The Morgan fingerprint density at radius 2 is 2.33 bits per heavy atom. The quantitative estimate of drug-likeness (QED) is 0.938. The molecule has 0 spiro atoms. The summed E-state index contributed by atoms with van der Waals surface area (Å²) in [7, 11) is 1.72. The summed E-state index contributed by atoms with van der Waals surface area (Å²) in [5.41, 5.74) is 3.91. The smallest absolute Gasteiger partial charge is 0.119 e. The Hall–Kier alpha value is -1.81. The summed E-state index contributed by atoms with van der Waals surface area (Å²) in [6, 6.07) is 8.36. The molecule has 1 saturated heterocycles. The van der Waals surface area contributed by atoms with Crippen LogP contribution >= 0.6 is 0 Å². The first-order valence-electron chi connectivity index (χ1n) is 7.61. The lowest BCUT2D eigenvalue weighted by atomic mass is 9.92. The number of aromatic nitrogens is 2. The highest BCUT2D eigenvalue weighted by molar-refractivity contribution is 5.28. The number of nitrogens with one attached hydrogen (secondary N) is 1. The number of likely N-dealkylation sites (tertiary alicyclic amines) is 1. The largest absolute Gasteiger partial charge is 0.497 e. The number of piperidine rings is 1. The van der Waals surface area contributed by atoms with Gasteiger partial charge in [-0.3, -0.25) is 10.00 Å². The fourth-order valence-corrected chi connectivity index (χ4v) is 3.23. The Balaban J connectivity index is 1.67. The van der Waals surface area contributed by atoms with Gasteiger partial charge in [0.05, 0.1) is 13.3 Å². The molecule has 1 fully saturated rings. The molecule has 1 aliphatic rings. The number of aromatic amines is 1. The Labute approximate surface area is 126 Å². The van der Waals surface area contributed by atoms with Crippen LogP contribution in [0.2, 0.25) is 0 Å². The minimum absolute atomic E-state index is 0.576. The van der Waals surface area contributed by atoms with Gasteiger partial charge in [0.25, 0.3) is 0 Å². The minimum Gasteiger partial charge on any atom is -0.497 e. The van der Waals surface area contributed by atoms with Gasteiger partial charge in [0, 0.05) is 24.7 Å². The molecule has 1 aliphatic heterocycles. The minimum atomic E-state index is 0.576. The van der Waals surface area contributed by atoms with Crippen LogP contribution in [0.5, 0.6) is 5.75 Å². The van der Waals surface area contributed by atoms with Gasteiger partial charge in [-0.05, 0) is 49.6 Å². The average Bonchev–Trinajstić information content (AvgIpc) is 2.94. The molecule has 1 atom stereocenters. The molecular weight excluding hydrogens is 262 g/mol. The maximum atomic E-state index is 5.31. The van der Waals surface area contributed by atoms with Crippen molar-refractivity contribution < 1.29 is 4.74 Å². The normalized spacial score (nSPS) is 19.6. The molecule has 0 saturated carbocycles. The van der Waals surface area contributed by atoms with E-state index in [1.165, 1.54) is 36.2 Å². The second-order valence-electron chi connectivity index (χ2n) is 5.89. The zero-order valence-corrected chi connectivity index (χ0v) is 12.8. The summed E-state index contributed by atoms with van der Waals surface area (Å²) in [5.74, 6) is 1.51. The second kappa shape index (κ2) is 6.31. The van der Waals surface area contributed by atoms with Crippen molar-refractivity contribution in [1.82, 2.24) is 15.1 Å². The molecule has 21 heavy (non-hydrogen) atoms. The van der Waals surface area contributed by atoms with Crippen LogP contribution in [0.4, 0.5) is 0 Å². The lowest BCUT2D eigenvalue weighted by Gasteiger charge is -2.32. The highest BCUT2D eigenvalue weighted by Gasteiger charge is 2.23. The van der Waals surface area contributed by atoms with Crippen LogP contribution in [0.15, 0.2) is 30.5 Å². The first kappa shape index (κ1) is 14.1. The maximum Gasteiger partial charge on any atom is 0.119 e. The fourth-order valence-electron chi connectivity index (χ4n) is 3.23. The third-order valence-electron chi connectivity index (χ3n) is 4.32. The number of aryl methyl sites for hydroxylation is 1. The van der Waals surface area contributed by atoms with Crippen molar-refractivity contribution in [3.05, 3.63) is 47.3 Å². The third-order valence-corrected chi connectivity index (χ3v) is 4.32. The van der Waals surface area contributed by atoms with Crippen molar-refractivity contribution in [3.8, 4) is 5.75 Å². The molecule has 0 amide bonds. The van der Waals surface area contributed by atoms with Gasteiger partial charge in [-0.1, -0.05) is 12.1 Å². The number of hydrogen-bond acceptors (Lipinski definition) is 3. The van der Waals surface area contributed by atoms with E-state index in [4.69, 9.17) is 4.74 Å². The number of methoxy groups -OCH3 is 1. The van der Waals surface area contributed by atoms with Crippen LogP contribution in [-0.2, 0) is 6.54 Å². The summed E-state index contributed by atoms with van der Waals surface area (Å²) in [5, 5.41) is 7.35. The summed E-state index contributed by atoms with van der Waals surface area (Å²) in [6.07, 6.45) is 4.42. The van der Waals surface area contributed by atoms with E-state index in [1.807, 2.05) is 12.3 Å². The lowest BCUT2D eigenvalue weighted by Crippen LogP contribution is -2.34. The summed E-state index contributed by atoms with van der Waals surface area (Å²) in [4.78, 5) is 2.53. The van der Waals surface area contributed by atoms with Crippen LogP contribution in [0, 0.1) is 6.92 Å². The molecule has 3 rings (SSSR count). The van der Waals surface area contributed by atoms with E-state index in [9.17, 15) is 0 Å². The van der Waals surface area contributed by atoms with Gasteiger partial charge < -0.3 is 4.74 Å². The number of hydrogen-bond donors (Lipinski definition) is 1. The van der Waals surface area contributed by atoms with Crippen molar-refractivity contribution >= 4 is 0 Å². The number of benzene rings is 1. The first-order chi connectivity index (χ1) is 10.3. The van der Waals surface area contributed by atoms with Gasteiger partial charge in [0.1, 0.15) is 5.75 Å². The molecule has 0 unspecified atom stereocenters. The molecule has 1 aromatic heterocycles. The Morgan fingerprint density at radius 3 is 3.10 bits per heavy atom. The predicted octanol–water partition coefficient (Wildman–Crippen LogP) is 3.11. The van der Waals surface area contributed by atoms with Crippen molar-refractivity contribution in [3.63, 3.8) is 0 Å². The van der Waals surface area contributed by atoms with Crippen molar-refractivity contribution in [1.29, 1.82) is 0 Å². The van der Waals surface area contributed by atoms with Crippen LogP contribution in [-0.4, -0.2) is 35.3 Å². The van der Waals surface area contributed by atoms with Gasteiger partial charge in [-0.2, -0.15) is 5.10 Å². The van der Waals surface area contributed by atoms with Crippen LogP contribution in [0.3, 0.4) is 0 Å². The van der Waals surface area contributed by atoms with Crippen molar-refractivity contribution in [2.45, 2.75) is 32.2 Å². The van der Waals surface area contributed by atoms with E-state index in [0.717, 1.165) is 18.8 Å². The fraction of sp³-hybridized carbons (Fsp3) is 0.471. The van der Waals surface area contributed by atoms with Crippen LogP contribution < -0.4 is 4.74 Å². The Kier molecular flexibility index (Phi) is 4.25. The average molecular weight is 285 g/mol. The van der Waals surface area contributed by atoms with Crippen LogP contribution in [0.25, 0.3) is 0 Å². The number of ether oxygens (including phenoxy) is 1. The molecule has 2 aromatic rings. The van der Waals surface area contributed by atoms with Gasteiger partial charge in [0.2, 0.25) is 0 Å². The van der Waals surface area contributed by atoms with Crippen molar-refractivity contribution in [2.75, 3.05) is 20.2 Å². The molecule has 4 nitrogen and oxygen atoms in total. The molecule has 1 aromatic carbocycles. The summed E-state index contributed by atoms with van der Waals surface area (Å²) in [6.45, 7) is 5.39. The highest BCUT2D eigenvalue weighted by atomic mass is 16.5. The first-order valence-corrected chi connectivity index (χ1v) is 7.61. The molecule has 4 heteroatoms. The molecule has 0 bridgehead atoms. The van der Waals surface area contributed by atoms with Gasteiger partial charge >= 0.3 is 0 Å². The van der Waals surface area contributed by atoms with E-state index in [0.29, 0.717) is 5.92 Å². The molecule has 112 valence electrons. The third kappa shape index (κ3) is 3.27. The zero-order chi connectivity index (χ0) is 14.7. The Bertz CT molecular complexity index is 593. The van der Waals surface area contributed by atoms with E-state index in [2.05, 4.69) is 40.2 Å². The van der Waals surface area contributed by atoms with E-state index < -0.39 is 0 Å². The van der Waals surface area contributed by atoms with Gasteiger partial charge in [-0.15, -0.1) is 0 Å². The summed E-state index contributed by atoms with van der Waals surface area (Å²) >= 11 is 0. The zero-order valence-electron chi connectivity index (χ0n) is 12.8. The molecule has 2 heterocycles. The number of nitrogens with zero attached hydrogens (tertiary/aromatic N) is 2. The van der Waals surface area contributed by atoms with Gasteiger partial charge in [0.15, 0.2) is 0 Å². The van der Waals surface area contributed by atoms with Crippen LogP contribution in [0.1, 0.15) is 35.6 Å². The number of H-pyrrole nitrogens is 1. The SMILES string of the molecule is COc1cccc(CN2CCC[C@@H](c3[nH]ncc3C)C2)c1.